The minimum Gasteiger partial charge on any atom is -0.368 e. The standard InChI is InChI=1S/C29H42O3/c1-4-20-28(2,24-13-7-5-8-14-24)21-11-17-26(30)18-12-22-29(3,23-19-27(31)32)25-15-9-6-10-16-25/h5-10,13-16,27,31-32H,4,11-12,17-23H2,1-3H3. The summed E-state index contributed by atoms with van der Waals surface area (Å²) in [5.74, 6) is 0.342. The van der Waals surface area contributed by atoms with Crippen LogP contribution in [0, 0.1) is 0 Å². The topological polar surface area (TPSA) is 57.5 Å². The average Bonchev–Trinajstić information content (AvgIpc) is 2.79. The number of carbonyl (C=O) groups is 1. The molecule has 2 N–H and O–H groups in total. The first-order chi connectivity index (χ1) is 15.3. The van der Waals surface area contributed by atoms with Crippen LogP contribution in [0.1, 0.15) is 96.1 Å². The molecule has 0 saturated carbocycles. The van der Waals surface area contributed by atoms with Crippen molar-refractivity contribution in [3.05, 3.63) is 71.8 Å². The molecule has 0 bridgehead atoms. The highest BCUT2D eigenvalue weighted by Gasteiger charge is 2.28. The van der Waals surface area contributed by atoms with E-state index in [0.717, 1.165) is 38.5 Å². The van der Waals surface area contributed by atoms with Crippen molar-refractivity contribution in [3.63, 3.8) is 0 Å². The zero-order chi connectivity index (χ0) is 23.5. The zero-order valence-corrected chi connectivity index (χ0v) is 20.2. The van der Waals surface area contributed by atoms with Crippen LogP contribution in [0.3, 0.4) is 0 Å². The first-order valence-corrected chi connectivity index (χ1v) is 12.3. The fourth-order valence-electron chi connectivity index (χ4n) is 4.98. The molecule has 0 aliphatic rings. The zero-order valence-electron chi connectivity index (χ0n) is 20.2. The predicted molar refractivity (Wildman–Crippen MR) is 133 cm³/mol. The monoisotopic (exact) mass is 438 g/mol. The highest BCUT2D eigenvalue weighted by molar-refractivity contribution is 5.78. The smallest absolute Gasteiger partial charge is 0.151 e. The molecule has 0 amide bonds. The van der Waals surface area contributed by atoms with E-state index in [0.29, 0.717) is 31.5 Å². The third-order valence-corrected chi connectivity index (χ3v) is 7.07. The molecule has 32 heavy (non-hydrogen) atoms. The summed E-state index contributed by atoms with van der Waals surface area (Å²) in [6.45, 7) is 6.73. The van der Waals surface area contributed by atoms with Gasteiger partial charge in [-0.05, 0) is 66.9 Å². The van der Waals surface area contributed by atoms with Crippen molar-refractivity contribution in [1.29, 1.82) is 0 Å². The van der Waals surface area contributed by atoms with Crippen molar-refractivity contribution in [3.8, 4) is 0 Å². The van der Waals surface area contributed by atoms with Crippen molar-refractivity contribution in [2.45, 2.75) is 102 Å². The molecule has 3 heteroatoms. The SMILES string of the molecule is CCCC(C)(CCCC(=O)CCCC(C)(CCC(O)O)c1ccccc1)c1ccccc1. The van der Waals surface area contributed by atoms with Crippen molar-refractivity contribution >= 4 is 5.78 Å². The number of benzene rings is 2. The lowest BCUT2D eigenvalue weighted by Crippen LogP contribution is -2.24. The van der Waals surface area contributed by atoms with Crippen molar-refractivity contribution in [2.75, 3.05) is 0 Å². The van der Waals surface area contributed by atoms with Crippen LogP contribution in [0.5, 0.6) is 0 Å². The Morgan fingerprint density at radius 3 is 1.59 bits per heavy atom. The highest BCUT2D eigenvalue weighted by atomic mass is 16.5. The maximum Gasteiger partial charge on any atom is 0.151 e. The molecule has 2 rings (SSSR count). The number of aliphatic hydroxyl groups is 2. The lowest BCUT2D eigenvalue weighted by Gasteiger charge is -2.31. The second-order valence-corrected chi connectivity index (χ2v) is 9.87. The first kappa shape index (κ1) is 26.3. The Kier molecular flexibility index (Phi) is 10.6. The van der Waals surface area contributed by atoms with Crippen LogP contribution in [0.2, 0.25) is 0 Å². The van der Waals surface area contributed by atoms with Crippen LogP contribution < -0.4 is 0 Å². The summed E-state index contributed by atoms with van der Waals surface area (Å²) in [4.78, 5) is 12.6. The van der Waals surface area contributed by atoms with E-state index in [1.54, 1.807) is 0 Å². The molecular formula is C29H42O3. The van der Waals surface area contributed by atoms with Crippen LogP contribution in [-0.2, 0) is 15.6 Å². The summed E-state index contributed by atoms with van der Waals surface area (Å²) >= 11 is 0. The van der Waals surface area contributed by atoms with Gasteiger partial charge >= 0.3 is 0 Å². The maximum absolute atomic E-state index is 12.6. The third-order valence-electron chi connectivity index (χ3n) is 7.07. The number of hydrogen-bond donors (Lipinski definition) is 2. The van der Waals surface area contributed by atoms with Gasteiger partial charge < -0.3 is 10.2 Å². The minimum atomic E-state index is -1.29. The Labute approximate surface area is 194 Å². The van der Waals surface area contributed by atoms with E-state index in [2.05, 4.69) is 63.2 Å². The van der Waals surface area contributed by atoms with Crippen LogP contribution in [0.15, 0.2) is 60.7 Å². The summed E-state index contributed by atoms with van der Waals surface area (Å²) in [5, 5.41) is 18.7. The minimum absolute atomic E-state index is 0.132. The van der Waals surface area contributed by atoms with Crippen LogP contribution in [0.4, 0.5) is 0 Å². The number of Topliss-reactive ketones (excluding diaryl/α,β-unsaturated/α-hetero) is 1. The highest BCUT2D eigenvalue weighted by Crippen LogP contribution is 2.36. The van der Waals surface area contributed by atoms with Gasteiger partial charge in [0.1, 0.15) is 5.78 Å². The Hall–Kier alpha value is -1.97. The molecule has 0 fully saturated rings. The Morgan fingerprint density at radius 2 is 1.19 bits per heavy atom. The van der Waals surface area contributed by atoms with E-state index < -0.39 is 6.29 Å². The lowest BCUT2D eigenvalue weighted by molar-refractivity contribution is -0.119. The van der Waals surface area contributed by atoms with Gasteiger partial charge in [-0.15, -0.1) is 0 Å². The molecule has 176 valence electrons. The van der Waals surface area contributed by atoms with Crippen molar-refractivity contribution < 1.29 is 15.0 Å². The van der Waals surface area contributed by atoms with Gasteiger partial charge in [-0.25, -0.2) is 0 Å². The second kappa shape index (κ2) is 12.9. The largest absolute Gasteiger partial charge is 0.368 e. The number of carbonyl (C=O) groups excluding carboxylic acids is 1. The number of rotatable bonds is 15. The summed E-state index contributed by atoms with van der Waals surface area (Å²) < 4.78 is 0. The average molecular weight is 439 g/mol. The van der Waals surface area contributed by atoms with E-state index in [1.807, 2.05) is 18.2 Å². The van der Waals surface area contributed by atoms with E-state index in [-0.39, 0.29) is 10.8 Å². The normalized spacial score (nSPS) is 15.3. The summed E-state index contributed by atoms with van der Waals surface area (Å²) in [5.41, 5.74) is 2.55. The summed E-state index contributed by atoms with van der Waals surface area (Å²) in [6.07, 6.45) is 6.92. The van der Waals surface area contributed by atoms with Crippen LogP contribution in [-0.4, -0.2) is 22.3 Å². The van der Waals surface area contributed by atoms with Gasteiger partial charge in [0, 0.05) is 12.8 Å². The van der Waals surface area contributed by atoms with Gasteiger partial charge in [0.2, 0.25) is 0 Å². The molecule has 2 aromatic carbocycles. The van der Waals surface area contributed by atoms with Gasteiger partial charge in [-0.3, -0.25) is 4.79 Å². The molecule has 0 radical (unpaired) electrons. The predicted octanol–water partition coefficient (Wildman–Crippen LogP) is 6.70. The van der Waals surface area contributed by atoms with Gasteiger partial charge in [-0.1, -0.05) is 87.9 Å². The molecule has 2 unspecified atom stereocenters. The van der Waals surface area contributed by atoms with Crippen molar-refractivity contribution in [2.24, 2.45) is 0 Å². The third kappa shape index (κ3) is 8.18. The van der Waals surface area contributed by atoms with Gasteiger partial charge in [0.15, 0.2) is 6.29 Å². The van der Waals surface area contributed by atoms with E-state index in [1.165, 1.54) is 11.1 Å². The molecule has 0 spiro atoms. The Morgan fingerprint density at radius 1 is 0.750 bits per heavy atom. The van der Waals surface area contributed by atoms with Gasteiger partial charge in [-0.2, -0.15) is 0 Å². The summed E-state index contributed by atoms with van der Waals surface area (Å²) in [6, 6.07) is 20.9. The van der Waals surface area contributed by atoms with Gasteiger partial charge in [0.25, 0.3) is 0 Å². The molecule has 0 heterocycles. The summed E-state index contributed by atoms with van der Waals surface area (Å²) in [7, 11) is 0. The second-order valence-electron chi connectivity index (χ2n) is 9.87. The lowest BCUT2D eigenvalue weighted by atomic mass is 9.74. The number of ketones is 1. The van der Waals surface area contributed by atoms with E-state index >= 15 is 0 Å². The van der Waals surface area contributed by atoms with Gasteiger partial charge in [0.05, 0.1) is 0 Å². The molecule has 3 nitrogen and oxygen atoms in total. The quantitative estimate of drug-likeness (QED) is 0.304. The molecule has 0 aliphatic heterocycles. The van der Waals surface area contributed by atoms with Crippen molar-refractivity contribution in [1.82, 2.24) is 0 Å². The molecule has 0 aliphatic carbocycles. The van der Waals surface area contributed by atoms with Crippen LogP contribution >= 0.6 is 0 Å². The number of hydrogen-bond acceptors (Lipinski definition) is 3. The van der Waals surface area contributed by atoms with E-state index in [4.69, 9.17) is 0 Å². The van der Waals surface area contributed by atoms with E-state index in [9.17, 15) is 15.0 Å². The maximum atomic E-state index is 12.6. The fourth-order valence-corrected chi connectivity index (χ4v) is 4.98. The van der Waals surface area contributed by atoms with Crippen LogP contribution in [0.25, 0.3) is 0 Å². The molecule has 2 aromatic rings. The Bertz CT molecular complexity index is 787. The molecular weight excluding hydrogens is 396 g/mol. The molecule has 0 aromatic heterocycles. The fraction of sp³-hybridized carbons (Fsp3) is 0.552. The molecule has 2 atom stereocenters. The number of aliphatic hydroxyl groups excluding tert-OH is 1. The Balaban J connectivity index is 1.85. The molecule has 0 saturated heterocycles. The first-order valence-electron chi connectivity index (χ1n) is 12.3.